The third-order valence-corrected chi connectivity index (χ3v) is 18.2. The maximum Gasteiger partial charge on any atom is 0.238 e. The Hall–Kier alpha value is -12.9. The normalized spacial score (nSPS) is 12.2. The van der Waals surface area contributed by atoms with Gasteiger partial charge in [-0.05, 0) is 89.6 Å². The molecular formula is C84H54N10. The highest BCUT2D eigenvalue weighted by Crippen LogP contribution is 2.45. The van der Waals surface area contributed by atoms with E-state index in [-0.39, 0.29) is 0 Å². The molecule has 13 aromatic carbocycles. The van der Waals surface area contributed by atoms with Crippen LogP contribution in [0.4, 0.5) is 5.69 Å². The molecule has 18 rings (SSSR count). The van der Waals surface area contributed by atoms with Gasteiger partial charge in [0.25, 0.3) is 0 Å². The summed E-state index contributed by atoms with van der Waals surface area (Å²) >= 11 is 0. The molecular weight excluding hydrogens is 1150 g/mol. The molecule has 0 aliphatic heterocycles. The third-order valence-electron chi connectivity index (χ3n) is 18.2. The Morgan fingerprint density at radius 1 is 0.309 bits per heavy atom. The molecule has 5 aromatic heterocycles. The van der Waals surface area contributed by atoms with Crippen LogP contribution in [0.1, 0.15) is 5.56 Å². The second-order valence-corrected chi connectivity index (χ2v) is 23.5. The zero-order valence-corrected chi connectivity index (χ0v) is 50.7. The number of hydrogen-bond acceptors (Lipinski definition) is 4. The molecule has 0 bridgehead atoms. The first kappa shape index (κ1) is 54.1. The topological polar surface area (TPSA) is 95.5 Å². The predicted molar refractivity (Wildman–Crippen MR) is 389 cm³/mol. The molecule has 18 aromatic rings. The largest absolute Gasteiger partial charge is 0.307 e. The van der Waals surface area contributed by atoms with Gasteiger partial charge in [-0.1, -0.05) is 255 Å². The minimum atomic E-state index is 0.464. The summed E-state index contributed by atoms with van der Waals surface area (Å²) in [6, 6.07) is 111. The summed E-state index contributed by atoms with van der Waals surface area (Å²) in [6.07, 6.45) is 0. The summed E-state index contributed by atoms with van der Waals surface area (Å²) < 4.78 is 9.30. The van der Waals surface area contributed by atoms with Gasteiger partial charge in [-0.2, -0.15) is 15.0 Å². The van der Waals surface area contributed by atoms with Crippen LogP contribution in [0.2, 0.25) is 0 Å². The van der Waals surface area contributed by atoms with Crippen LogP contribution >= 0.6 is 0 Å². The van der Waals surface area contributed by atoms with Crippen molar-refractivity contribution < 1.29 is 0 Å². The van der Waals surface area contributed by atoms with Crippen LogP contribution in [0.15, 0.2) is 330 Å². The Kier molecular flexibility index (Phi) is 12.8. The van der Waals surface area contributed by atoms with Crippen molar-refractivity contribution in [2.75, 3.05) is 0 Å². The lowest BCUT2D eigenvalue weighted by molar-refractivity contribution is 0.953. The van der Waals surface area contributed by atoms with Crippen molar-refractivity contribution in [3.8, 4) is 62.4 Å². The first-order valence-corrected chi connectivity index (χ1v) is 31.5. The van der Waals surface area contributed by atoms with E-state index >= 15 is 0 Å². The van der Waals surface area contributed by atoms with Crippen molar-refractivity contribution in [1.82, 2.24) is 33.2 Å². The van der Waals surface area contributed by atoms with Gasteiger partial charge in [0.05, 0.1) is 49.8 Å². The van der Waals surface area contributed by atoms with Crippen molar-refractivity contribution in [2.45, 2.75) is 0 Å². The van der Waals surface area contributed by atoms with E-state index in [0.29, 0.717) is 29.4 Å². The van der Waals surface area contributed by atoms with Crippen molar-refractivity contribution in [3.05, 3.63) is 321 Å². The first-order chi connectivity index (χ1) is 46.6. The van der Waals surface area contributed by atoms with Crippen LogP contribution in [-0.4, -0.2) is 51.7 Å². The highest BCUT2D eigenvalue weighted by Gasteiger charge is 2.26. The second-order valence-electron chi connectivity index (χ2n) is 23.5. The van der Waals surface area contributed by atoms with E-state index in [1.165, 1.54) is 0 Å². The van der Waals surface area contributed by atoms with Gasteiger partial charge in [0.2, 0.25) is 11.9 Å². The fourth-order valence-corrected chi connectivity index (χ4v) is 14.1. The number of amidine groups is 1. The van der Waals surface area contributed by atoms with Crippen LogP contribution in [-0.2, 0) is 0 Å². The van der Waals surface area contributed by atoms with Gasteiger partial charge in [0.15, 0.2) is 17.5 Å². The number of benzene rings is 13. The number of aliphatic imine (C=N–C) groups is 3. The number of rotatable bonds is 9. The summed E-state index contributed by atoms with van der Waals surface area (Å²) in [4.78, 5) is 31.0. The second kappa shape index (κ2) is 22.2. The van der Waals surface area contributed by atoms with E-state index in [1.54, 1.807) is 0 Å². The maximum atomic E-state index is 5.36. The lowest BCUT2D eigenvalue weighted by Gasteiger charge is -2.16. The van der Waals surface area contributed by atoms with E-state index in [1.807, 2.05) is 97.1 Å². The van der Waals surface area contributed by atoms with Gasteiger partial charge in [0.1, 0.15) is 0 Å². The zero-order valence-electron chi connectivity index (χ0n) is 50.7. The fourth-order valence-electron chi connectivity index (χ4n) is 14.1. The molecule has 0 radical (unpaired) electrons. The summed E-state index contributed by atoms with van der Waals surface area (Å²) in [5, 5.41) is 8.89. The summed E-state index contributed by atoms with van der Waals surface area (Å²) in [5.74, 6) is 2.68. The predicted octanol–water partition coefficient (Wildman–Crippen LogP) is 20.6. The molecule has 0 saturated heterocycles. The Morgan fingerprint density at radius 2 is 0.734 bits per heavy atom. The highest BCUT2D eigenvalue weighted by molar-refractivity contribution is 6.27. The molecule has 10 heteroatoms. The lowest BCUT2D eigenvalue weighted by atomic mass is 9.94. The Morgan fingerprint density at radius 3 is 1.30 bits per heavy atom. The molecule has 0 unspecified atom stereocenters. The Bertz CT molecular complexity index is 6040. The van der Waals surface area contributed by atoms with Crippen LogP contribution in [0, 0.1) is 0 Å². The molecule has 0 atom stereocenters. The molecule has 0 amide bonds. The van der Waals surface area contributed by atoms with E-state index in [4.69, 9.17) is 24.9 Å². The Labute approximate surface area is 540 Å². The SMILES string of the molecule is C=N/C(=N\C(=N/c1ccccc1)n1c2ccccc2c2ccc3c4ccccc4n(-c4cccc(-c5ccccc5-c5ccc(-n6c7ccccc7c7ccc8c9ccccc9n(-c9nc(-c%10ccccc%10)nc(-c%10ccccc%10)n9)c8c76)cc5)c4)c3c21)c1ccccc1. The molecule has 0 N–H and O–H groups in total. The van der Waals surface area contributed by atoms with Crippen LogP contribution in [0.3, 0.4) is 0 Å². The van der Waals surface area contributed by atoms with Gasteiger partial charge in [-0.15, -0.1) is 0 Å². The molecule has 0 aliphatic carbocycles. The van der Waals surface area contributed by atoms with Gasteiger partial charge < -0.3 is 9.13 Å². The number of para-hydroxylation sites is 5. The van der Waals surface area contributed by atoms with Gasteiger partial charge in [0, 0.05) is 71.2 Å². The quantitative estimate of drug-likeness (QED) is 0.106. The highest BCUT2D eigenvalue weighted by atomic mass is 15.2. The van der Waals surface area contributed by atoms with Crippen molar-refractivity contribution >= 4 is 111 Å². The summed E-state index contributed by atoms with van der Waals surface area (Å²) in [6.45, 7) is 4.02. The minimum Gasteiger partial charge on any atom is -0.307 e. The molecule has 0 aliphatic rings. The third kappa shape index (κ3) is 8.80. The zero-order chi connectivity index (χ0) is 62.2. The Balaban J connectivity index is 0.804. The average Bonchev–Trinajstić information content (AvgIpc) is 1.55. The number of aromatic nitrogens is 7. The molecule has 440 valence electrons. The van der Waals surface area contributed by atoms with Gasteiger partial charge in [-0.3, -0.25) is 9.13 Å². The number of fused-ring (bicyclic) bond motifs is 14. The van der Waals surface area contributed by atoms with E-state index in [2.05, 4.69) is 248 Å². The van der Waals surface area contributed by atoms with Crippen LogP contribution in [0.5, 0.6) is 0 Å². The maximum absolute atomic E-state index is 5.36. The van der Waals surface area contributed by atoms with Gasteiger partial charge >= 0.3 is 0 Å². The van der Waals surface area contributed by atoms with Crippen molar-refractivity contribution in [2.24, 2.45) is 15.0 Å². The molecule has 0 fully saturated rings. The monoisotopic (exact) mass is 1200 g/mol. The molecule has 94 heavy (non-hydrogen) atoms. The molecule has 0 saturated carbocycles. The lowest BCUT2D eigenvalue weighted by Crippen LogP contribution is -2.13. The molecule has 0 spiro atoms. The van der Waals surface area contributed by atoms with Gasteiger partial charge in [-0.25, -0.2) is 15.0 Å². The number of nitrogens with zero attached hydrogens (tertiary/aromatic N) is 10. The van der Waals surface area contributed by atoms with Crippen molar-refractivity contribution in [1.29, 1.82) is 0 Å². The first-order valence-electron chi connectivity index (χ1n) is 31.5. The summed E-state index contributed by atoms with van der Waals surface area (Å²) in [7, 11) is 0. The van der Waals surface area contributed by atoms with Crippen molar-refractivity contribution in [3.63, 3.8) is 0 Å². The number of hydrogen-bond donors (Lipinski definition) is 0. The smallest absolute Gasteiger partial charge is 0.238 e. The molecule has 10 nitrogen and oxygen atoms in total. The van der Waals surface area contributed by atoms with Crippen LogP contribution in [0.25, 0.3) is 150 Å². The van der Waals surface area contributed by atoms with E-state index in [0.717, 1.165) is 143 Å². The van der Waals surface area contributed by atoms with E-state index < -0.39 is 0 Å². The van der Waals surface area contributed by atoms with Crippen LogP contribution < -0.4 is 0 Å². The molecule has 5 heterocycles. The standard InChI is InChI=1S/C84H54N10/c1-85-80(55-25-6-2-7-26-55)88-83(86-59-32-12-5-13-33-59)93-74-43-22-18-39-66(74)71-52-50-69-65-38-17-21-42-73(65)92(77(69)79(71)93)61-34-24-31-58(53-61)63-36-15-14-35-62(63)54-45-47-60(48-46-54)91-72-41-20-16-37-64(72)68-49-51-70-67-40-19-23-44-75(67)94(78(70)76(68)91)84-89-81(56-27-8-3-9-28-56)87-82(90-84)57-29-10-4-11-30-57/h2-53H,1H2/b86-83+,88-80-. The minimum absolute atomic E-state index is 0.464. The average molecular weight is 1200 g/mol. The fraction of sp³-hybridized carbons (Fsp3) is 0. The van der Waals surface area contributed by atoms with E-state index in [9.17, 15) is 0 Å². The summed E-state index contributed by atoms with van der Waals surface area (Å²) in [5.41, 5.74) is 18.1.